The number of nitro groups is 1. The first-order valence-electron chi connectivity index (χ1n) is 25.5. The highest BCUT2D eigenvalue weighted by Gasteiger charge is 2.65. The maximum Gasteiger partial charge on any atom is 0.415 e. The fraction of sp³-hybridized carbons (Fsp3) is 0.545. The van der Waals surface area contributed by atoms with E-state index in [2.05, 4.69) is 24.9 Å². The molecule has 0 spiro atoms. The number of hydrogen-bond acceptors (Lipinski definition) is 12. The van der Waals surface area contributed by atoms with Gasteiger partial charge in [0, 0.05) is 56.8 Å². The molecular weight excluding hydrogens is 893 g/mol. The molecule has 3 aromatic carbocycles. The molecule has 0 radical (unpaired) electrons. The average molecular weight is 967 g/mol. The first kappa shape index (κ1) is 53.6. The number of carbonyl (C=O) groups is 2. The zero-order valence-corrected chi connectivity index (χ0v) is 41.1. The molecule has 3 aliphatic rings. The molecule has 15 heteroatoms. The fourth-order valence-corrected chi connectivity index (χ4v) is 10.4. The molecule has 0 saturated heterocycles. The summed E-state index contributed by atoms with van der Waals surface area (Å²) in [4.78, 5) is 46.1. The van der Waals surface area contributed by atoms with Crippen LogP contribution in [0.5, 0.6) is 17.2 Å². The monoisotopic (exact) mass is 967 g/mol. The summed E-state index contributed by atoms with van der Waals surface area (Å²) in [7, 11) is 1.60. The number of nitro benzene ring substituents is 1. The third kappa shape index (κ3) is 14.2. The van der Waals surface area contributed by atoms with E-state index in [-0.39, 0.29) is 62.0 Å². The fourth-order valence-electron chi connectivity index (χ4n) is 10.4. The summed E-state index contributed by atoms with van der Waals surface area (Å²) >= 11 is 0. The second kappa shape index (κ2) is 27.6. The van der Waals surface area contributed by atoms with Gasteiger partial charge in [0.05, 0.1) is 23.2 Å². The molecule has 0 bridgehead atoms. The Morgan fingerprint density at radius 3 is 2.23 bits per heavy atom. The van der Waals surface area contributed by atoms with Crippen LogP contribution in [0.4, 0.5) is 15.3 Å². The van der Waals surface area contributed by atoms with E-state index in [1.54, 1.807) is 25.3 Å². The summed E-state index contributed by atoms with van der Waals surface area (Å²) in [5, 5.41) is 39.1. The lowest BCUT2D eigenvalue weighted by Crippen LogP contribution is -2.69. The van der Waals surface area contributed by atoms with Gasteiger partial charge in [-0.2, -0.15) is 0 Å². The SMILES string of the molecule is C=CCO[C@@]12Oc3ccc(OC(=O)NCCCCCCCCCCCC)cc3[C@H]3[C@H](CCCCO)[C@@H](CCCCO)C=C(C(=NOCc4ccccc4)C[C@@H]1N(C)C(=O)Oc1ccc([N+](=O)[O-])cc1)[C@H]32. The van der Waals surface area contributed by atoms with Gasteiger partial charge in [-0.25, -0.2) is 9.59 Å². The van der Waals surface area contributed by atoms with Crippen LogP contribution in [0.2, 0.25) is 0 Å². The minimum atomic E-state index is -1.56. The maximum absolute atomic E-state index is 14.4. The number of ether oxygens (including phenoxy) is 4. The standard InChI is InChI=1S/C55H74N4O11/c1-4-6-7-8-9-10-11-12-13-19-32-56-53(62)68-44-30-31-49-47(37-44)51-45(25-18-21-34-61)41(24-17-20-33-60)36-46-48(57-67-39-40-22-15-14-16-23-40)38-50(55(70-49,52(46)51)66-35-5-2)58(3)54(63)69-43-28-26-42(27-29-43)59(64)65/h5,14-16,22-23,26-31,36-37,41,45,50-52,60-61H,2,4,6-13,17-21,24-25,32-35,38-39H2,1,3H3,(H,56,62)/t41-,45+,50-,51+,52+,55+/m0/s1. The van der Waals surface area contributed by atoms with Crippen LogP contribution in [-0.4, -0.2) is 83.2 Å². The molecular formula is C55H74N4O11. The van der Waals surface area contributed by atoms with Crippen molar-refractivity contribution in [1.82, 2.24) is 10.2 Å². The van der Waals surface area contributed by atoms with Crippen LogP contribution in [0.15, 0.2) is 102 Å². The normalized spacial score (nSPS) is 21.6. The Balaban J connectivity index is 1.37. The first-order chi connectivity index (χ1) is 34.1. The smallest absolute Gasteiger partial charge is 0.415 e. The average Bonchev–Trinajstić information content (AvgIpc) is 3.36. The van der Waals surface area contributed by atoms with Crippen LogP contribution in [0.1, 0.15) is 133 Å². The Morgan fingerprint density at radius 1 is 0.886 bits per heavy atom. The highest BCUT2D eigenvalue weighted by molar-refractivity contribution is 6.03. The second-order valence-corrected chi connectivity index (χ2v) is 18.8. The summed E-state index contributed by atoms with van der Waals surface area (Å²) in [6.45, 7) is 7.06. The van der Waals surface area contributed by atoms with Crippen molar-refractivity contribution in [2.24, 2.45) is 22.9 Å². The predicted molar refractivity (Wildman–Crippen MR) is 269 cm³/mol. The number of nitrogens with one attached hydrogen (secondary N) is 1. The van der Waals surface area contributed by atoms with E-state index in [0.717, 1.165) is 61.6 Å². The highest BCUT2D eigenvalue weighted by Crippen LogP contribution is 2.62. The van der Waals surface area contributed by atoms with Crippen molar-refractivity contribution in [2.45, 2.75) is 140 Å². The molecule has 3 aromatic rings. The third-order valence-corrected chi connectivity index (χ3v) is 13.9. The molecule has 2 aliphatic carbocycles. The number of unbranched alkanes of at least 4 members (excludes halogenated alkanes) is 11. The molecule has 6 rings (SSSR count). The Morgan fingerprint density at radius 2 is 1.56 bits per heavy atom. The molecule has 380 valence electrons. The number of amides is 2. The van der Waals surface area contributed by atoms with Crippen LogP contribution < -0.4 is 19.5 Å². The van der Waals surface area contributed by atoms with E-state index in [0.29, 0.717) is 36.6 Å². The van der Waals surface area contributed by atoms with Gasteiger partial charge in [0.1, 0.15) is 29.9 Å². The number of benzene rings is 3. The van der Waals surface area contributed by atoms with Gasteiger partial charge in [-0.1, -0.05) is 125 Å². The zero-order chi connectivity index (χ0) is 49.7. The van der Waals surface area contributed by atoms with Crippen molar-refractivity contribution in [1.29, 1.82) is 0 Å². The van der Waals surface area contributed by atoms with E-state index in [1.807, 2.05) is 36.4 Å². The molecule has 0 aromatic heterocycles. The zero-order valence-electron chi connectivity index (χ0n) is 41.1. The third-order valence-electron chi connectivity index (χ3n) is 13.9. The highest BCUT2D eigenvalue weighted by atomic mass is 16.7. The molecule has 1 heterocycles. The van der Waals surface area contributed by atoms with Gasteiger partial charge in [0.15, 0.2) is 0 Å². The molecule has 1 aliphatic heterocycles. The van der Waals surface area contributed by atoms with E-state index in [1.165, 1.54) is 74.1 Å². The Hall–Kier alpha value is -5.77. The van der Waals surface area contributed by atoms with Gasteiger partial charge in [-0.15, -0.1) is 6.58 Å². The van der Waals surface area contributed by atoms with E-state index in [9.17, 15) is 29.9 Å². The van der Waals surface area contributed by atoms with Gasteiger partial charge < -0.3 is 44.2 Å². The second-order valence-electron chi connectivity index (χ2n) is 18.8. The molecule has 3 N–H and O–H groups in total. The maximum atomic E-state index is 14.4. The van der Waals surface area contributed by atoms with Crippen molar-refractivity contribution in [2.75, 3.05) is 33.4 Å². The number of non-ortho nitro benzene ring substituents is 1. The number of rotatable bonds is 29. The van der Waals surface area contributed by atoms with Crippen LogP contribution in [0.3, 0.4) is 0 Å². The molecule has 70 heavy (non-hydrogen) atoms. The number of fused-ring (bicyclic) bond motifs is 2. The van der Waals surface area contributed by atoms with Crippen molar-refractivity contribution < 1.29 is 48.5 Å². The van der Waals surface area contributed by atoms with Crippen molar-refractivity contribution >= 4 is 23.6 Å². The minimum absolute atomic E-state index is 0.0146. The molecule has 6 atom stereocenters. The number of nitrogens with zero attached hydrogens (tertiary/aromatic N) is 3. The van der Waals surface area contributed by atoms with Crippen LogP contribution in [0, 0.1) is 27.9 Å². The van der Waals surface area contributed by atoms with Crippen molar-refractivity contribution in [3.8, 4) is 17.2 Å². The van der Waals surface area contributed by atoms with Gasteiger partial charge in [-0.3, -0.25) is 10.1 Å². The van der Waals surface area contributed by atoms with Crippen LogP contribution in [0.25, 0.3) is 0 Å². The molecule has 2 amide bonds. The van der Waals surface area contributed by atoms with Gasteiger partial charge in [0.25, 0.3) is 5.69 Å². The summed E-state index contributed by atoms with van der Waals surface area (Å²) < 4.78 is 26.0. The molecule has 1 saturated carbocycles. The number of allylic oxidation sites excluding steroid dienone is 1. The molecule has 0 unspecified atom stereocenters. The minimum Gasteiger partial charge on any atom is -0.459 e. The first-order valence-corrected chi connectivity index (χ1v) is 25.5. The van der Waals surface area contributed by atoms with Gasteiger partial charge >= 0.3 is 12.2 Å². The van der Waals surface area contributed by atoms with E-state index < -0.39 is 34.9 Å². The van der Waals surface area contributed by atoms with Gasteiger partial charge in [0.2, 0.25) is 5.79 Å². The van der Waals surface area contributed by atoms with E-state index in [4.69, 9.17) is 28.9 Å². The lowest BCUT2D eigenvalue weighted by Gasteiger charge is -2.59. The van der Waals surface area contributed by atoms with Crippen LogP contribution in [-0.2, 0) is 16.2 Å². The lowest BCUT2D eigenvalue weighted by molar-refractivity contribution is -0.384. The number of aliphatic hydroxyl groups excluding tert-OH is 2. The summed E-state index contributed by atoms with van der Waals surface area (Å²) in [6.07, 6.45) is 18.8. The van der Waals surface area contributed by atoms with Crippen molar-refractivity contribution in [3.63, 3.8) is 0 Å². The lowest BCUT2D eigenvalue weighted by atomic mass is 9.55. The molecule has 15 nitrogen and oxygen atoms in total. The number of aliphatic hydroxyl groups is 2. The number of hydrogen-bond donors (Lipinski definition) is 3. The topological polar surface area (TPSA) is 192 Å². The largest absolute Gasteiger partial charge is 0.459 e. The Bertz CT molecular complexity index is 2200. The quantitative estimate of drug-likeness (QED) is 0.0260. The Kier molecular flexibility index (Phi) is 21.1. The van der Waals surface area contributed by atoms with E-state index >= 15 is 0 Å². The number of carbonyl (C=O) groups excluding carboxylic acids is 2. The Labute approximate surface area is 413 Å². The summed E-state index contributed by atoms with van der Waals surface area (Å²) in [6, 6.07) is 19.5. The van der Waals surface area contributed by atoms with Crippen molar-refractivity contribution in [3.05, 3.63) is 118 Å². The predicted octanol–water partition coefficient (Wildman–Crippen LogP) is 11.6. The van der Waals surface area contributed by atoms with Crippen LogP contribution >= 0.6 is 0 Å². The summed E-state index contributed by atoms with van der Waals surface area (Å²) in [5.41, 5.74) is 3.01. The molecule has 1 fully saturated rings. The van der Waals surface area contributed by atoms with Gasteiger partial charge in [-0.05, 0) is 85.4 Å². The number of oxime groups is 1. The number of likely N-dealkylation sites (N-methyl/N-ethyl adjacent to an activating group) is 1. The summed E-state index contributed by atoms with van der Waals surface area (Å²) in [5.74, 6) is -1.64.